The highest BCUT2D eigenvalue weighted by Crippen LogP contribution is 2.20. The lowest BCUT2D eigenvalue weighted by Gasteiger charge is -2.15. The molecule has 1 amide bonds. The molecule has 0 saturated heterocycles. The van der Waals surface area contributed by atoms with Gasteiger partial charge in [0.1, 0.15) is 0 Å². The molecule has 7 nitrogen and oxygen atoms in total. The van der Waals surface area contributed by atoms with E-state index in [1.165, 1.54) is 25.2 Å². The average Bonchev–Trinajstić information content (AvgIpc) is 3.00. The van der Waals surface area contributed by atoms with E-state index in [0.29, 0.717) is 6.54 Å². The number of carbonyl (C=O) groups excluding carboxylic acids is 1. The third-order valence-corrected chi connectivity index (χ3v) is 4.92. The fourth-order valence-electron chi connectivity index (χ4n) is 2.02. The van der Waals surface area contributed by atoms with E-state index in [1.54, 1.807) is 18.7 Å². The van der Waals surface area contributed by atoms with Crippen LogP contribution in [-0.2, 0) is 16.6 Å². The van der Waals surface area contributed by atoms with Crippen molar-refractivity contribution in [2.75, 3.05) is 7.05 Å². The molecule has 0 aliphatic heterocycles. The number of nitrogens with one attached hydrogen (secondary N) is 2. The number of sulfonamides is 1. The van der Waals surface area contributed by atoms with Crippen LogP contribution in [0.15, 0.2) is 41.8 Å². The Kier molecular flexibility index (Phi) is 5.40. The van der Waals surface area contributed by atoms with Gasteiger partial charge in [-0.15, -0.1) is 0 Å². The molecule has 0 bridgehead atoms. The van der Waals surface area contributed by atoms with Gasteiger partial charge in [0.2, 0.25) is 10.0 Å². The Labute approximate surface area is 139 Å². The molecule has 1 unspecified atom stereocenters. The highest BCUT2D eigenvalue weighted by molar-refractivity contribution is 7.89. The van der Waals surface area contributed by atoms with Gasteiger partial charge in [-0.1, -0.05) is 11.6 Å². The third kappa shape index (κ3) is 4.31. The summed E-state index contributed by atoms with van der Waals surface area (Å²) in [6.45, 7) is 2.37. The van der Waals surface area contributed by atoms with Crippen LogP contribution >= 0.6 is 11.6 Å². The number of benzene rings is 1. The highest BCUT2D eigenvalue weighted by atomic mass is 35.5. The van der Waals surface area contributed by atoms with Gasteiger partial charge in [-0.05, 0) is 32.2 Å². The van der Waals surface area contributed by atoms with Crippen LogP contribution in [0, 0.1) is 0 Å². The van der Waals surface area contributed by atoms with E-state index in [4.69, 9.17) is 11.6 Å². The van der Waals surface area contributed by atoms with E-state index in [0.717, 1.165) is 0 Å². The highest BCUT2D eigenvalue weighted by Gasteiger charge is 2.18. The molecular formula is C14H17ClN4O3S. The molecule has 0 spiro atoms. The molecule has 0 fully saturated rings. The molecule has 9 heteroatoms. The van der Waals surface area contributed by atoms with Gasteiger partial charge in [0.15, 0.2) is 0 Å². The van der Waals surface area contributed by atoms with Crippen molar-refractivity contribution >= 4 is 27.5 Å². The zero-order chi connectivity index (χ0) is 17.0. The van der Waals surface area contributed by atoms with Crippen molar-refractivity contribution in [3.8, 4) is 0 Å². The molecule has 1 heterocycles. The Balaban J connectivity index is 2.17. The number of hydrogen-bond acceptors (Lipinski definition) is 4. The minimum absolute atomic E-state index is 0.0168. The van der Waals surface area contributed by atoms with Crippen molar-refractivity contribution in [2.45, 2.75) is 24.4 Å². The SMILES string of the molecule is CNS(=O)(=O)c1ccc(Cl)c(C(=O)NC(C)Cn2ccnc2)c1. The van der Waals surface area contributed by atoms with E-state index in [-0.39, 0.29) is 21.5 Å². The quantitative estimate of drug-likeness (QED) is 0.815. The molecule has 0 aliphatic carbocycles. The van der Waals surface area contributed by atoms with Crippen LogP contribution in [0.25, 0.3) is 0 Å². The summed E-state index contributed by atoms with van der Waals surface area (Å²) in [7, 11) is -2.34. The first kappa shape index (κ1) is 17.5. The van der Waals surface area contributed by atoms with Gasteiger partial charge in [-0.2, -0.15) is 0 Å². The first-order valence-electron chi connectivity index (χ1n) is 6.83. The Morgan fingerprint density at radius 2 is 2.17 bits per heavy atom. The predicted octanol–water partition coefficient (Wildman–Crippen LogP) is 1.26. The Hall–Kier alpha value is -1.90. The van der Waals surface area contributed by atoms with Gasteiger partial charge >= 0.3 is 0 Å². The lowest BCUT2D eigenvalue weighted by atomic mass is 10.2. The molecule has 2 aromatic rings. The molecule has 1 aromatic heterocycles. The maximum absolute atomic E-state index is 12.3. The molecule has 2 N–H and O–H groups in total. The molecule has 1 aromatic carbocycles. The zero-order valence-corrected chi connectivity index (χ0v) is 14.2. The summed E-state index contributed by atoms with van der Waals surface area (Å²) in [5.74, 6) is -0.434. The van der Waals surface area contributed by atoms with Crippen LogP contribution in [0.4, 0.5) is 0 Å². The van der Waals surface area contributed by atoms with Crippen LogP contribution in [-0.4, -0.2) is 37.0 Å². The number of carbonyl (C=O) groups is 1. The Morgan fingerprint density at radius 1 is 1.43 bits per heavy atom. The van der Waals surface area contributed by atoms with Crippen LogP contribution in [0.1, 0.15) is 17.3 Å². The van der Waals surface area contributed by atoms with Crippen molar-refractivity contribution in [3.05, 3.63) is 47.5 Å². The maximum atomic E-state index is 12.3. The van der Waals surface area contributed by atoms with Crippen molar-refractivity contribution in [3.63, 3.8) is 0 Å². The average molecular weight is 357 g/mol. The number of nitrogens with zero attached hydrogens (tertiary/aromatic N) is 2. The summed E-state index contributed by atoms with van der Waals surface area (Å²) in [4.78, 5) is 16.2. The molecular weight excluding hydrogens is 340 g/mol. The van der Waals surface area contributed by atoms with Gasteiger partial charge < -0.3 is 9.88 Å². The number of rotatable bonds is 6. The minimum atomic E-state index is -3.64. The molecule has 0 radical (unpaired) electrons. The lowest BCUT2D eigenvalue weighted by molar-refractivity contribution is 0.0936. The smallest absolute Gasteiger partial charge is 0.253 e. The molecule has 2 rings (SSSR count). The molecule has 1 atom stereocenters. The minimum Gasteiger partial charge on any atom is -0.348 e. The van der Waals surface area contributed by atoms with E-state index in [2.05, 4.69) is 15.0 Å². The summed E-state index contributed by atoms with van der Waals surface area (Å²) in [5.41, 5.74) is 0.112. The fourth-order valence-corrected chi connectivity index (χ4v) is 2.98. The first-order chi connectivity index (χ1) is 10.8. The van der Waals surface area contributed by atoms with E-state index in [9.17, 15) is 13.2 Å². The van der Waals surface area contributed by atoms with Gasteiger partial charge in [-0.25, -0.2) is 18.1 Å². The maximum Gasteiger partial charge on any atom is 0.253 e. The standard InChI is InChI=1S/C14H17ClN4O3S/c1-10(8-19-6-5-17-9-19)18-14(20)12-7-11(3-4-13(12)15)23(21,22)16-2/h3-7,9-10,16H,8H2,1-2H3,(H,18,20). The van der Waals surface area contributed by atoms with Gasteiger partial charge in [0.25, 0.3) is 5.91 Å². The topological polar surface area (TPSA) is 93.1 Å². The number of amides is 1. The number of imidazole rings is 1. The largest absolute Gasteiger partial charge is 0.348 e. The summed E-state index contributed by atoms with van der Waals surface area (Å²) >= 11 is 6.02. The second-order valence-electron chi connectivity index (χ2n) is 4.98. The molecule has 124 valence electrons. The second-order valence-corrected chi connectivity index (χ2v) is 7.28. The monoisotopic (exact) mass is 356 g/mol. The van der Waals surface area contributed by atoms with Gasteiger partial charge in [0.05, 0.1) is 21.8 Å². The zero-order valence-electron chi connectivity index (χ0n) is 12.7. The summed E-state index contributed by atoms with van der Waals surface area (Å²) < 4.78 is 27.7. The Morgan fingerprint density at radius 3 is 2.78 bits per heavy atom. The van der Waals surface area contributed by atoms with E-state index >= 15 is 0 Å². The normalized spacial score (nSPS) is 12.8. The fraction of sp³-hybridized carbons (Fsp3) is 0.286. The summed E-state index contributed by atoms with van der Waals surface area (Å²) in [6.07, 6.45) is 5.09. The number of aromatic nitrogens is 2. The predicted molar refractivity (Wildman–Crippen MR) is 86.9 cm³/mol. The van der Waals surface area contributed by atoms with Crippen LogP contribution in [0.2, 0.25) is 5.02 Å². The first-order valence-corrected chi connectivity index (χ1v) is 8.69. The Bertz CT molecular complexity index is 790. The van der Waals surface area contributed by atoms with Crippen LogP contribution in [0.3, 0.4) is 0 Å². The van der Waals surface area contributed by atoms with Crippen molar-refractivity contribution in [2.24, 2.45) is 0 Å². The third-order valence-electron chi connectivity index (χ3n) is 3.18. The summed E-state index contributed by atoms with van der Waals surface area (Å²) in [5, 5.41) is 2.97. The molecule has 0 saturated carbocycles. The summed E-state index contributed by atoms with van der Waals surface area (Å²) in [6, 6.07) is 3.81. The van der Waals surface area contributed by atoms with Crippen molar-refractivity contribution in [1.29, 1.82) is 0 Å². The number of hydrogen-bond donors (Lipinski definition) is 2. The lowest BCUT2D eigenvalue weighted by Crippen LogP contribution is -2.35. The van der Waals surface area contributed by atoms with Gasteiger partial charge in [-0.3, -0.25) is 4.79 Å². The molecule has 0 aliphatic rings. The number of halogens is 1. The van der Waals surface area contributed by atoms with Crippen LogP contribution < -0.4 is 10.0 Å². The van der Waals surface area contributed by atoms with Crippen molar-refractivity contribution in [1.82, 2.24) is 19.6 Å². The van der Waals surface area contributed by atoms with Gasteiger partial charge in [0, 0.05) is 25.0 Å². The second kappa shape index (κ2) is 7.12. The van der Waals surface area contributed by atoms with Crippen LogP contribution in [0.5, 0.6) is 0 Å². The van der Waals surface area contributed by atoms with E-state index in [1.807, 2.05) is 11.5 Å². The molecule has 23 heavy (non-hydrogen) atoms. The van der Waals surface area contributed by atoms with E-state index < -0.39 is 15.9 Å². The van der Waals surface area contributed by atoms with Crippen molar-refractivity contribution < 1.29 is 13.2 Å².